The molecule has 138 valence electrons. The normalized spacial score (nSPS) is 14.0. The van der Waals surface area contributed by atoms with Gasteiger partial charge >= 0.3 is 17.3 Å². The molecule has 11 heteroatoms. The van der Waals surface area contributed by atoms with Crippen molar-refractivity contribution in [3.63, 3.8) is 0 Å². The molecule has 4 nitrogen and oxygen atoms in total. The molecule has 2 aromatic carbocycles. The lowest BCUT2D eigenvalue weighted by Gasteiger charge is -2.33. The molecule has 25 heavy (non-hydrogen) atoms. The lowest BCUT2D eigenvalue weighted by Crippen LogP contribution is -2.58. The van der Waals surface area contributed by atoms with Gasteiger partial charge < -0.3 is 9.29 Å². The summed E-state index contributed by atoms with van der Waals surface area (Å²) in [5, 5.41) is -5.67. The first-order valence-corrected chi connectivity index (χ1v) is 7.91. The van der Waals surface area contributed by atoms with E-state index in [1.54, 1.807) is 18.2 Å². The van der Waals surface area contributed by atoms with Crippen LogP contribution in [-0.2, 0) is 21.5 Å². The van der Waals surface area contributed by atoms with Crippen molar-refractivity contribution in [1.82, 2.24) is 0 Å². The van der Waals surface area contributed by atoms with Crippen molar-refractivity contribution >= 4 is 20.9 Å². The molecule has 0 saturated heterocycles. The van der Waals surface area contributed by atoms with Crippen LogP contribution < -0.4 is 0 Å². The number of rotatable bonds is 6. The van der Waals surface area contributed by atoms with Crippen LogP contribution in [-0.4, -0.2) is 30.3 Å². The number of halogens is 6. The van der Waals surface area contributed by atoms with E-state index in [4.69, 9.17) is 0 Å². The molecule has 0 aliphatic carbocycles. The van der Waals surface area contributed by atoms with Crippen LogP contribution in [0.2, 0.25) is 0 Å². The van der Waals surface area contributed by atoms with E-state index in [0.29, 0.717) is 10.8 Å². The van der Waals surface area contributed by atoms with Crippen LogP contribution in [0.15, 0.2) is 42.5 Å². The van der Waals surface area contributed by atoms with E-state index in [1.165, 1.54) is 24.3 Å². The molecule has 0 amide bonds. The van der Waals surface area contributed by atoms with Gasteiger partial charge in [0.15, 0.2) is 10.1 Å². The molecule has 2 rings (SSSR count). The van der Waals surface area contributed by atoms with Gasteiger partial charge in [0.05, 0.1) is 6.61 Å². The van der Waals surface area contributed by atoms with Gasteiger partial charge in [0.2, 0.25) is 0 Å². The Hall–Kier alpha value is -1.85. The summed E-state index contributed by atoms with van der Waals surface area (Å²) in [5.41, 5.74) is -0.0260. The van der Waals surface area contributed by atoms with Gasteiger partial charge in [-0.05, 0) is 16.3 Å². The number of alkyl halides is 6. The summed E-state index contributed by atoms with van der Waals surface area (Å²) in [7, 11) is -7.05. The third-order valence-electron chi connectivity index (χ3n) is 3.33. The Balaban J connectivity index is 2.32. The first-order valence-electron chi connectivity index (χ1n) is 6.51. The second-order valence-electron chi connectivity index (χ2n) is 4.99. The molecule has 0 atom stereocenters. The van der Waals surface area contributed by atoms with Crippen molar-refractivity contribution in [3.8, 4) is 0 Å². The molecule has 0 N–H and O–H groups in total. The van der Waals surface area contributed by atoms with Gasteiger partial charge in [0.25, 0.3) is 0 Å². The summed E-state index contributed by atoms with van der Waals surface area (Å²) in [4.78, 5) is 0. The highest BCUT2D eigenvalue weighted by atomic mass is 32.2. The molecule has 0 spiro atoms. The molecule has 0 unspecified atom stereocenters. The SMILES string of the molecule is O=S(=O)([O-])C(F)(F)C(F)(F)C(F)(F)OCc1cccc2ccccc12. The van der Waals surface area contributed by atoms with Crippen molar-refractivity contribution in [3.05, 3.63) is 48.0 Å². The van der Waals surface area contributed by atoms with E-state index < -0.39 is 34.0 Å². The number of benzene rings is 2. The zero-order valence-corrected chi connectivity index (χ0v) is 12.9. The summed E-state index contributed by atoms with van der Waals surface area (Å²) in [6, 6.07) is 10.4. The second kappa shape index (κ2) is 6.15. The number of ether oxygens (including phenoxy) is 1. The van der Waals surface area contributed by atoms with E-state index in [0.717, 1.165) is 0 Å². The van der Waals surface area contributed by atoms with Crippen molar-refractivity contribution in [2.45, 2.75) is 23.9 Å². The predicted molar refractivity (Wildman–Crippen MR) is 73.3 cm³/mol. The standard InChI is InChI=1S/C14H10F6O4S/c15-12(16,14(19,20)25(21,22)23)13(17,18)24-8-10-6-3-5-9-4-1-2-7-11(9)10/h1-7H,8H2,(H,21,22,23)/p-1. The fourth-order valence-corrected chi connectivity index (χ4v) is 2.44. The molecule has 0 bridgehead atoms. The Kier molecular flexibility index (Phi) is 4.79. The topological polar surface area (TPSA) is 66.4 Å². The van der Waals surface area contributed by atoms with E-state index >= 15 is 0 Å². The molecule has 0 aliphatic rings. The maximum absolute atomic E-state index is 13.5. The summed E-state index contributed by atoms with van der Waals surface area (Å²) < 4.78 is 114. The van der Waals surface area contributed by atoms with Crippen LogP contribution in [0.5, 0.6) is 0 Å². The van der Waals surface area contributed by atoms with Gasteiger partial charge in [-0.15, -0.1) is 0 Å². The van der Waals surface area contributed by atoms with Crippen molar-refractivity contribution in [2.75, 3.05) is 0 Å². The minimum absolute atomic E-state index is 0.0260. The van der Waals surface area contributed by atoms with E-state index in [-0.39, 0.29) is 5.56 Å². The first kappa shape index (κ1) is 19.5. The molecule has 0 aromatic heterocycles. The maximum Gasteiger partial charge on any atom is 0.427 e. The summed E-state index contributed by atoms with van der Waals surface area (Å²) in [6.07, 6.45) is -5.91. The highest BCUT2D eigenvalue weighted by Gasteiger charge is 2.76. The lowest BCUT2D eigenvalue weighted by atomic mass is 10.1. The van der Waals surface area contributed by atoms with Crippen molar-refractivity contribution < 1.29 is 44.0 Å². The molecule has 2 aromatic rings. The molecule has 0 fully saturated rings. The van der Waals surface area contributed by atoms with E-state index in [9.17, 15) is 39.3 Å². The van der Waals surface area contributed by atoms with E-state index in [2.05, 4.69) is 4.74 Å². The average Bonchev–Trinajstić information content (AvgIpc) is 2.51. The number of hydrogen-bond donors (Lipinski definition) is 0. The first-order chi connectivity index (χ1) is 11.3. The molecular weight excluding hydrogens is 378 g/mol. The lowest BCUT2D eigenvalue weighted by molar-refractivity contribution is -0.386. The highest BCUT2D eigenvalue weighted by Crippen LogP contribution is 2.48. The van der Waals surface area contributed by atoms with Gasteiger partial charge in [-0.2, -0.15) is 26.3 Å². The van der Waals surface area contributed by atoms with Crippen LogP contribution in [0, 0.1) is 0 Å². The van der Waals surface area contributed by atoms with Crippen LogP contribution in [0.1, 0.15) is 5.56 Å². The average molecular weight is 387 g/mol. The summed E-state index contributed by atoms with van der Waals surface area (Å²) in [6.45, 7) is -1.22. The monoisotopic (exact) mass is 387 g/mol. The summed E-state index contributed by atoms with van der Waals surface area (Å²) >= 11 is 0. The number of fused-ring (bicyclic) bond motifs is 1. The van der Waals surface area contributed by atoms with Crippen LogP contribution >= 0.6 is 0 Å². The Bertz CT molecular complexity index is 877. The van der Waals surface area contributed by atoms with Gasteiger partial charge in [-0.25, -0.2) is 8.42 Å². The Morgan fingerprint density at radius 1 is 0.920 bits per heavy atom. The predicted octanol–water partition coefficient (Wildman–Crippen LogP) is 3.72. The van der Waals surface area contributed by atoms with E-state index in [1.807, 2.05) is 0 Å². The molecule has 0 aliphatic heterocycles. The smallest absolute Gasteiger partial charge is 0.427 e. The van der Waals surface area contributed by atoms with Crippen LogP contribution in [0.4, 0.5) is 26.3 Å². The van der Waals surface area contributed by atoms with Gasteiger partial charge in [0, 0.05) is 0 Å². The highest BCUT2D eigenvalue weighted by molar-refractivity contribution is 7.86. The fraction of sp³-hybridized carbons (Fsp3) is 0.286. The quantitative estimate of drug-likeness (QED) is 0.560. The molecule has 0 saturated carbocycles. The van der Waals surface area contributed by atoms with Crippen molar-refractivity contribution in [2.24, 2.45) is 0 Å². The van der Waals surface area contributed by atoms with Gasteiger partial charge in [0.1, 0.15) is 0 Å². The van der Waals surface area contributed by atoms with Crippen LogP contribution in [0.3, 0.4) is 0 Å². The molecule has 0 heterocycles. The zero-order valence-electron chi connectivity index (χ0n) is 12.1. The maximum atomic E-state index is 13.5. The van der Waals surface area contributed by atoms with Gasteiger partial charge in [-0.1, -0.05) is 42.5 Å². The largest absolute Gasteiger partial charge is 0.743 e. The summed E-state index contributed by atoms with van der Waals surface area (Å²) in [5.74, 6) is -6.56. The Morgan fingerprint density at radius 2 is 1.48 bits per heavy atom. The minimum Gasteiger partial charge on any atom is -0.743 e. The zero-order chi connectivity index (χ0) is 19.1. The fourth-order valence-electron chi connectivity index (χ4n) is 2.00. The number of hydrogen-bond acceptors (Lipinski definition) is 4. The molecular formula is C14H9F6O4S-. The van der Waals surface area contributed by atoms with Crippen molar-refractivity contribution in [1.29, 1.82) is 0 Å². The Labute approximate surface area is 137 Å². The third kappa shape index (κ3) is 3.31. The minimum atomic E-state index is -7.05. The Morgan fingerprint density at radius 3 is 2.08 bits per heavy atom. The third-order valence-corrected chi connectivity index (χ3v) is 4.22. The van der Waals surface area contributed by atoms with Crippen LogP contribution in [0.25, 0.3) is 10.8 Å². The van der Waals surface area contributed by atoms with Gasteiger partial charge in [-0.3, -0.25) is 0 Å². The molecule has 0 radical (unpaired) electrons. The second-order valence-corrected chi connectivity index (χ2v) is 6.41.